The van der Waals surface area contributed by atoms with E-state index in [1.165, 1.54) is 12.3 Å². The Labute approximate surface area is 152 Å². The molecule has 0 bridgehead atoms. The first-order valence-electron chi connectivity index (χ1n) is 8.20. The fourth-order valence-electron chi connectivity index (χ4n) is 2.33. The third kappa shape index (κ3) is 4.90. The molecule has 0 atom stereocenters. The summed E-state index contributed by atoms with van der Waals surface area (Å²) in [6.07, 6.45) is -1.64. The molecule has 140 valence electrons. The fourth-order valence-corrected chi connectivity index (χ4v) is 2.33. The van der Waals surface area contributed by atoms with Gasteiger partial charge in [0, 0.05) is 19.3 Å². The largest absolute Gasteiger partial charge is 0.417 e. The smallest absolute Gasteiger partial charge is 0.370 e. The van der Waals surface area contributed by atoms with Crippen molar-refractivity contribution in [2.75, 3.05) is 18.4 Å². The lowest BCUT2D eigenvalue weighted by atomic mass is 10.3. The van der Waals surface area contributed by atoms with Gasteiger partial charge in [0.15, 0.2) is 0 Å². The van der Waals surface area contributed by atoms with Gasteiger partial charge < -0.3 is 10.6 Å². The minimum atomic E-state index is -4.40. The van der Waals surface area contributed by atoms with E-state index in [0.29, 0.717) is 36.4 Å². The van der Waals surface area contributed by atoms with Crippen LogP contribution < -0.4 is 10.6 Å². The number of halogens is 3. The number of para-hydroxylation sites is 2. The Balaban J connectivity index is 1.43. The highest BCUT2D eigenvalue weighted by atomic mass is 19.4. The van der Waals surface area contributed by atoms with Crippen LogP contribution in [0.5, 0.6) is 0 Å². The summed E-state index contributed by atoms with van der Waals surface area (Å²) in [5, 5.41) is 5.63. The number of benzene rings is 1. The van der Waals surface area contributed by atoms with E-state index in [4.69, 9.17) is 0 Å². The number of amides is 1. The first-order chi connectivity index (χ1) is 12.9. The maximum Gasteiger partial charge on any atom is 0.417 e. The molecule has 0 radical (unpaired) electrons. The number of nitrogens with one attached hydrogen (secondary N) is 2. The zero-order valence-electron chi connectivity index (χ0n) is 14.1. The number of alkyl halides is 3. The Kier molecular flexibility index (Phi) is 5.49. The van der Waals surface area contributed by atoms with Crippen LogP contribution in [-0.4, -0.2) is 33.9 Å². The van der Waals surface area contributed by atoms with Gasteiger partial charge in [0.25, 0.3) is 5.91 Å². The molecule has 27 heavy (non-hydrogen) atoms. The molecule has 0 spiro atoms. The van der Waals surface area contributed by atoms with Crippen LogP contribution in [0.4, 0.5) is 19.0 Å². The predicted octanol–water partition coefficient (Wildman–Crippen LogP) is 3.28. The van der Waals surface area contributed by atoms with Crippen molar-refractivity contribution in [3.63, 3.8) is 0 Å². The van der Waals surface area contributed by atoms with Crippen LogP contribution in [-0.2, 0) is 6.18 Å². The highest BCUT2D eigenvalue weighted by molar-refractivity contribution is 5.93. The lowest BCUT2D eigenvalue weighted by molar-refractivity contribution is -0.137. The van der Waals surface area contributed by atoms with E-state index in [2.05, 4.69) is 25.6 Å². The van der Waals surface area contributed by atoms with Crippen molar-refractivity contribution in [3.8, 4) is 0 Å². The van der Waals surface area contributed by atoms with Gasteiger partial charge in [-0.15, -0.1) is 0 Å². The molecule has 9 heteroatoms. The van der Waals surface area contributed by atoms with Gasteiger partial charge in [-0.05, 0) is 30.7 Å². The van der Waals surface area contributed by atoms with E-state index >= 15 is 0 Å². The highest BCUT2D eigenvalue weighted by Gasteiger charge is 2.30. The lowest BCUT2D eigenvalue weighted by Gasteiger charge is -2.09. The van der Waals surface area contributed by atoms with Crippen LogP contribution >= 0.6 is 0 Å². The molecule has 0 unspecified atom stereocenters. The summed E-state index contributed by atoms with van der Waals surface area (Å²) >= 11 is 0. The van der Waals surface area contributed by atoms with Crippen LogP contribution in [0.25, 0.3) is 11.0 Å². The number of carbonyl (C=O) groups excluding carboxylic acids is 1. The summed E-state index contributed by atoms with van der Waals surface area (Å²) < 4.78 is 37.4. The Morgan fingerprint density at radius 3 is 2.44 bits per heavy atom. The van der Waals surface area contributed by atoms with Gasteiger partial charge >= 0.3 is 6.18 Å². The van der Waals surface area contributed by atoms with E-state index in [0.717, 1.165) is 12.3 Å². The van der Waals surface area contributed by atoms with E-state index in [1.807, 2.05) is 18.2 Å². The average Bonchev–Trinajstić information content (AvgIpc) is 2.67. The molecule has 2 aromatic heterocycles. The number of hydrogen-bond acceptors (Lipinski definition) is 5. The minimum absolute atomic E-state index is 0.228. The topological polar surface area (TPSA) is 79.8 Å². The van der Waals surface area contributed by atoms with Crippen molar-refractivity contribution in [1.29, 1.82) is 0 Å². The Bertz CT molecular complexity index is 928. The molecule has 3 rings (SSSR count). The van der Waals surface area contributed by atoms with Gasteiger partial charge in [-0.1, -0.05) is 12.1 Å². The van der Waals surface area contributed by atoms with Crippen LogP contribution in [0.1, 0.15) is 22.5 Å². The third-order valence-electron chi connectivity index (χ3n) is 3.72. The summed E-state index contributed by atoms with van der Waals surface area (Å²) in [4.78, 5) is 24.3. The summed E-state index contributed by atoms with van der Waals surface area (Å²) in [6.45, 7) is 0.822. The zero-order chi connectivity index (χ0) is 19.3. The number of aromatic nitrogens is 3. The van der Waals surface area contributed by atoms with Crippen molar-refractivity contribution in [3.05, 3.63) is 60.0 Å². The molecule has 0 fully saturated rings. The number of fused-ring (bicyclic) bond motifs is 1. The molecule has 1 aromatic carbocycles. The second kappa shape index (κ2) is 7.98. The molecular formula is C18H16F3N5O. The van der Waals surface area contributed by atoms with Crippen molar-refractivity contribution >= 4 is 22.8 Å². The van der Waals surface area contributed by atoms with Gasteiger partial charge in [-0.2, -0.15) is 13.2 Å². The summed E-state index contributed by atoms with van der Waals surface area (Å²) in [6, 6.07) is 9.49. The maximum atomic E-state index is 12.5. The molecule has 6 nitrogen and oxygen atoms in total. The molecule has 0 aliphatic rings. The molecule has 0 aliphatic heterocycles. The van der Waals surface area contributed by atoms with E-state index < -0.39 is 11.7 Å². The zero-order valence-corrected chi connectivity index (χ0v) is 14.1. The van der Waals surface area contributed by atoms with Gasteiger partial charge in [0.05, 0.1) is 22.8 Å². The first kappa shape index (κ1) is 18.6. The molecule has 2 N–H and O–H groups in total. The van der Waals surface area contributed by atoms with Crippen LogP contribution in [0, 0.1) is 0 Å². The monoisotopic (exact) mass is 375 g/mol. The SMILES string of the molecule is O=C(NCCCNc1ccc(C(F)(F)F)cn1)c1cnc2ccccc2n1. The quantitative estimate of drug-likeness (QED) is 0.647. The number of pyridine rings is 1. The van der Waals surface area contributed by atoms with Gasteiger partial charge in [0.2, 0.25) is 0 Å². The van der Waals surface area contributed by atoms with E-state index in [1.54, 1.807) is 6.07 Å². The third-order valence-corrected chi connectivity index (χ3v) is 3.72. The normalized spacial score (nSPS) is 11.4. The van der Waals surface area contributed by atoms with E-state index in [-0.39, 0.29) is 11.6 Å². The highest BCUT2D eigenvalue weighted by Crippen LogP contribution is 2.28. The van der Waals surface area contributed by atoms with Crippen molar-refractivity contribution in [1.82, 2.24) is 20.3 Å². The first-order valence-corrected chi connectivity index (χ1v) is 8.20. The summed E-state index contributed by atoms with van der Waals surface area (Å²) in [5.74, 6) is 0.00984. The van der Waals surface area contributed by atoms with Gasteiger partial charge in [0.1, 0.15) is 11.5 Å². The van der Waals surface area contributed by atoms with E-state index in [9.17, 15) is 18.0 Å². The Morgan fingerprint density at radius 2 is 1.74 bits per heavy atom. The van der Waals surface area contributed by atoms with Crippen molar-refractivity contribution in [2.24, 2.45) is 0 Å². The standard InChI is InChI=1S/C18H16F3N5O/c19-18(20,21)12-6-7-16(25-10-12)22-8-3-9-23-17(27)15-11-24-13-4-1-2-5-14(13)26-15/h1-2,4-7,10-11H,3,8-9H2,(H,22,25)(H,23,27). The molecule has 0 saturated heterocycles. The van der Waals surface area contributed by atoms with Gasteiger partial charge in [-0.25, -0.2) is 9.97 Å². The second-order valence-electron chi connectivity index (χ2n) is 5.71. The van der Waals surface area contributed by atoms with Crippen LogP contribution in [0.2, 0.25) is 0 Å². The molecule has 1 amide bonds. The predicted molar refractivity (Wildman–Crippen MR) is 94.2 cm³/mol. The maximum absolute atomic E-state index is 12.5. The molecular weight excluding hydrogens is 359 g/mol. The lowest BCUT2D eigenvalue weighted by Crippen LogP contribution is -2.26. The summed E-state index contributed by atoms with van der Waals surface area (Å²) in [7, 11) is 0. The number of carbonyl (C=O) groups is 1. The second-order valence-corrected chi connectivity index (χ2v) is 5.71. The minimum Gasteiger partial charge on any atom is -0.370 e. The number of rotatable bonds is 6. The van der Waals surface area contributed by atoms with Crippen molar-refractivity contribution in [2.45, 2.75) is 12.6 Å². The van der Waals surface area contributed by atoms with Gasteiger partial charge in [-0.3, -0.25) is 9.78 Å². The fraction of sp³-hybridized carbons (Fsp3) is 0.222. The summed E-state index contributed by atoms with van der Waals surface area (Å²) in [5.41, 5.74) is 0.783. The number of hydrogen-bond donors (Lipinski definition) is 2. The average molecular weight is 375 g/mol. The Morgan fingerprint density at radius 1 is 0.963 bits per heavy atom. The molecule has 0 saturated carbocycles. The molecule has 2 heterocycles. The number of nitrogens with zero attached hydrogens (tertiary/aromatic N) is 3. The van der Waals surface area contributed by atoms with Crippen molar-refractivity contribution < 1.29 is 18.0 Å². The van der Waals surface area contributed by atoms with Crippen LogP contribution in [0.3, 0.4) is 0 Å². The Hall–Kier alpha value is -3.23. The molecule has 0 aliphatic carbocycles. The number of anilines is 1. The van der Waals surface area contributed by atoms with Crippen LogP contribution in [0.15, 0.2) is 48.8 Å². The molecule has 3 aromatic rings.